The van der Waals surface area contributed by atoms with Crippen molar-refractivity contribution in [3.8, 4) is 22.6 Å². The van der Waals surface area contributed by atoms with Crippen molar-refractivity contribution in [2.45, 2.75) is 38.3 Å². The maximum absolute atomic E-state index is 13.0. The molecule has 4 N–H and O–H groups in total. The number of aryl methyl sites for hydroxylation is 1. The molecule has 1 unspecified atom stereocenters. The molecule has 3 aromatic rings. The SMILES string of the molecule is C[C@@H](CO)NC(=O)c1cc(-c2ccc(C(=O)N3CCCCC(N)C3)cc2)nc(-c2cnn(C)c2)n1. The molecule has 184 valence electrons. The standard InChI is InChI=1S/C25H31N7O3/c1-16(15-33)28-24(34)22-11-21(29-23(30-22)19-12-27-31(2)13-19)17-6-8-18(9-7-17)25(35)32-10-4-3-5-20(26)14-32/h6-9,11-13,16,20,33H,3-5,10,14-15,26H2,1-2H3,(H,28,34)/t16-,20?/m0/s1. The number of hydrogen-bond donors (Lipinski definition) is 3. The van der Waals surface area contributed by atoms with Gasteiger partial charge < -0.3 is 21.1 Å². The Bertz CT molecular complexity index is 1190. The van der Waals surface area contributed by atoms with Gasteiger partial charge in [0.15, 0.2) is 5.82 Å². The summed E-state index contributed by atoms with van der Waals surface area (Å²) in [5.41, 5.74) is 8.83. The van der Waals surface area contributed by atoms with Gasteiger partial charge in [-0.05, 0) is 38.0 Å². The molecule has 0 aliphatic carbocycles. The van der Waals surface area contributed by atoms with E-state index in [0.717, 1.165) is 24.8 Å². The van der Waals surface area contributed by atoms with Crippen molar-refractivity contribution >= 4 is 11.8 Å². The average molecular weight is 478 g/mol. The predicted octanol–water partition coefficient (Wildman–Crippen LogP) is 1.61. The number of carbonyl (C=O) groups excluding carboxylic acids is 2. The quantitative estimate of drug-likeness (QED) is 0.490. The number of aliphatic hydroxyl groups excluding tert-OH is 1. The largest absolute Gasteiger partial charge is 0.394 e. The number of hydrogen-bond acceptors (Lipinski definition) is 7. The summed E-state index contributed by atoms with van der Waals surface area (Å²) in [6.45, 7) is 2.79. The number of nitrogens with zero attached hydrogens (tertiary/aromatic N) is 5. The van der Waals surface area contributed by atoms with Crippen molar-refractivity contribution in [3.63, 3.8) is 0 Å². The lowest BCUT2D eigenvalue weighted by atomic mass is 10.1. The molecule has 1 fully saturated rings. The summed E-state index contributed by atoms with van der Waals surface area (Å²) in [6.07, 6.45) is 6.32. The number of aromatic nitrogens is 4. The van der Waals surface area contributed by atoms with E-state index in [1.54, 1.807) is 49.2 Å². The number of nitrogens with one attached hydrogen (secondary N) is 1. The number of rotatable bonds is 6. The Morgan fingerprint density at radius 2 is 1.97 bits per heavy atom. The molecule has 1 aliphatic rings. The van der Waals surface area contributed by atoms with Crippen LogP contribution >= 0.6 is 0 Å². The van der Waals surface area contributed by atoms with Crippen molar-refractivity contribution < 1.29 is 14.7 Å². The first-order chi connectivity index (χ1) is 16.8. The van der Waals surface area contributed by atoms with Gasteiger partial charge in [0.2, 0.25) is 0 Å². The highest BCUT2D eigenvalue weighted by molar-refractivity contribution is 5.95. The summed E-state index contributed by atoms with van der Waals surface area (Å²) in [4.78, 5) is 36.7. The highest BCUT2D eigenvalue weighted by Gasteiger charge is 2.21. The van der Waals surface area contributed by atoms with E-state index in [0.29, 0.717) is 35.7 Å². The second-order valence-corrected chi connectivity index (χ2v) is 9.01. The number of carbonyl (C=O) groups is 2. The summed E-state index contributed by atoms with van der Waals surface area (Å²) in [5, 5.41) is 16.2. The molecule has 1 saturated heterocycles. The molecule has 0 spiro atoms. The number of benzene rings is 1. The lowest BCUT2D eigenvalue weighted by molar-refractivity contribution is 0.0755. The van der Waals surface area contributed by atoms with Crippen molar-refractivity contribution in [1.82, 2.24) is 30.0 Å². The van der Waals surface area contributed by atoms with Crippen LogP contribution in [0.15, 0.2) is 42.7 Å². The predicted molar refractivity (Wildman–Crippen MR) is 131 cm³/mol. The van der Waals surface area contributed by atoms with Gasteiger partial charge in [0.1, 0.15) is 5.69 Å². The van der Waals surface area contributed by atoms with Crippen LogP contribution in [0.25, 0.3) is 22.6 Å². The topological polar surface area (TPSA) is 139 Å². The van der Waals surface area contributed by atoms with Crippen LogP contribution in [0.1, 0.15) is 47.0 Å². The molecule has 2 amide bonds. The summed E-state index contributed by atoms with van der Waals surface area (Å²) >= 11 is 0. The van der Waals surface area contributed by atoms with Crippen LogP contribution in [-0.2, 0) is 7.05 Å². The first kappa shape index (κ1) is 24.5. The van der Waals surface area contributed by atoms with Gasteiger partial charge in [-0.15, -0.1) is 0 Å². The molecule has 35 heavy (non-hydrogen) atoms. The van der Waals surface area contributed by atoms with Gasteiger partial charge in [0.25, 0.3) is 11.8 Å². The van der Waals surface area contributed by atoms with Crippen molar-refractivity contribution in [1.29, 1.82) is 0 Å². The fourth-order valence-corrected chi connectivity index (χ4v) is 4.05. The Labute approximate surface area is 204 Å². The van der Waals surface area contributed by atoms with Crippen LogP contribution in [0, 0.1) is 0 Å². The van der Waals surface area contributed by atoms with Gasteiger partial charge in [0.05, 0.1) is 24.1 Å². The lowest BCUT2D eigenvalue weighted by Crippen LogP contribution is -2.39. The van der Waals surface area contributed by atoms with E-state index in [4.69, 9.17) is 5.73 Å². The van der Waals surface area contributed by atoms with E-state index >= 15 is 0 Å². The zero-order valence-corrected chi connectivity index (χ0v) is 20.0. The zero-order chi connectivity index (χ0) is 24.9. The van der Waals surface area contributed by atoms with Crippen LogP contribution < -0.4 is 11.1 Å². The second kappa shape index (κ2) is 10.7. The normalized spacial score (nSPS) is 17.0. The Balaban J connectivity index is 1.64. The molecule has 3 heterocycles. The fraction of sp³-hybridized carbons (Fsp3) is 0.400. The highest BCUT2D eigenvalue weighted by Crippen LogP contribution is 2.24. The van der Waals surface area contributed by atoms with E-state index in [-0.39, 0.29) is 24.2 Å². The molecule has 4 rings (SSSR count). The van der Waals surface area contributed by atoms with Crippen LogP contribution in [0.3, 0.4) is 0 Å². The monoisotopic (exact) mass is 477 g/mol. The lowest BCUT2D eigenvalue weighted by Gasteiger charge is -2.22. The molecular formula is C25H31N7O3. The van der Waals surface area contributed by atoms with Gasteiger partial charge >= 0.3 is 0 Å². The van der Waals surface area contributed by atoms with E-state index in [1.165, 1.54) is 0 Å². The molecule has 0 bridgehead atoms. The highest BCUT2D eigenvalue weighted by atomic mass is 16.3. The molecule has 0 radical (unpaired) electrons. The second-order valence-electron chi connectivity index (χ2n) is 9.01. The van der Waals surface area contributed by atoms with E-state index in [9.17, 15) is 14.7 Å². The van der Waals surface area contributed by atoms with E-state index in [2.05, 4.69) is 20.4 Å². The summed E-state index contributed by atoms with van der Waals surface area (Å²) < 4.78 is 1.63. The minimum absolute atomic E-state index is 0.00533. The third kappa shape index (κ3) is 5.90. The van der Waals surface area contributed by atoms with Crippen molar-refractivity contribution in [2.24, 2.45) is 12.8 Å². The molecule has 2 aromatic heterocycles. The molecular weight excluding hydrogens is 446 g/mol. The average Bonchev–Trinajstić information content (AvgIpc) is 3.19. The minimum atomic E-state index is -0.417. The Hall–Kier alpha value is -3.63. The number of nitrogens with two attached hydrogens (primary N) is 1. The summed E-state index contributed by atoms with van der Waals surface area (Å²) in [6, 6.07) is 8.37. The zero-order valence-electron chi connectivity index (χ0n) is 20.0. The minimum Gasteiger partial charge on any atom is -0.394 e. The summed E-state index contributed by atoms with van der Waals surface area (Å²) in [5.74, 6) is -0.0913. The maximum atomic E-state index is 13.0. The van der Waals surface area contributed by atoms with Crippen LogP contribution in [0.4, 0.5) is 0 Å². The number of aliphatic hydroxyl groups is 1. The van der Waals surface area contributed by atoms with E-state index < -0.39 is 11.9 Å². The first-order valence-corrected chi connectivity index (χ1v) is 11.8. The van der Waals surface area contributed by atoms with Gasteiger partial charge in [-0.2, -0.15) is 5.10 Å². The smallest absolute Gasteiger partial charge is 0.270 e. The summed E-state index contributed by atoms with van der Waals surface area (Å²) in [7, 11) is 1.79. The van der Waals surface area contributed by atoms with Gasteiger partial charge in [0, 0.05) is 49.5 Å². The number of likely N-dealkylation sites (tertiary alicyclic amines) is 1. The maximum Gasteiger partial charge on any atom is 0.270 e. The van der Waals surface area contributed by atoms with Crippen molar-refractivity contribution in [3.05, 3.63) is 54.0 Å². The molecule has 0 saturated carbocycles. The molecule has 10 heteroatoms. The molecule has 1 aliphatic heterocycles. The van der Waals surface area contributed by atoms with Crippen LogP contribution in [0.2, 0.25) is 0 Å². The number of amides is 2. The Kier molecular flexibility index (Phi) is 7.52. The van der Waals surface area contributed by atoms with Crippen LogP contribution in [0.5, 0.6) is 0 Å². The Morgan fingerprint density at radius 1 is 1.20 bits per heavy atom. The first-order valence-electron chi connectivity index (χ1n) is 11.8. The van der Waals surface area contributed by atoms with Crippen LogP contribution in [-0.4, -0.2) is 73.3 Å². The Morgan fingerprint density at radius 3 is 2.66 bits per heavy atom. The van der Waals surface area contributed by atoms with E-state index in [1.807, 2.05) is 17.0 Å². The molecule has 2 atom stereocenters. The molecule has 1 aromatic carbocycles. The van der Waals surface area contributed by atoms with Gasteiger partial charge in [-0.25, -0.2) is 9.97 Å². The third-order valence-electron chi connectivity index (χ3n) is 6.00. The molecule has 10 nitrogen and oxygen atoms in total. The van der Waals surface area contributed by atoms with Gasteiger partial charge in [-0.1, -0.05) is 18.6 Å². The van der Waals surface area contributed by atoms with Gasteiger partial charge in [-0.3, -0.25) is 14.3 Å². The van der Waals surface area contributed by atoms with Crippen molar-refractivity contribution in [2.75, 3.05) is 19.7 Å². The third-order valence-corrected chi connectivity index (χ3v) is 6.00. The fourth-order valence-electron chi connectivity index (χ4n) is 4.05.